The Bertz CT molecular complexity index is 435. The number of ether oxygens (including phenoxy) is 1. The van der Waals surface area contributed by atoms with E-state index in [-0.39, 0.29) is 13.2 Å². The highest BCUT2D eigenvalue weighted by molar-refractivity contribution is 5.41. The Labute approximate surface area is 93.9 Å². The first-order valence-electron chi connectivity index (χ1n) is 4.83. The maximum Gasteiger partial charge on any atom is 0.120 e. The fraction of sp³-hybridized carbons (Fsp3) is 0.250. The van der Waals surface area contributed by atoms with E-state index in [4.69, 9.17) is 15.7 Å². The van der Waals surface area contributed by atoms with Gasteiger partial charge in [-0.1, -0.05) is 0 Å². The highest BCUT2D eigenvalue weighted by Gasteiger charge is 2.01. The summed E-state index contributed by atoms with van der Waals surface area (Å²) in [6.07, 6.45) is 0.455. The lowest BCUT2D eigenvalue weighted by molar-refractivity contribution is 0.347. The minimum Gasteiger partial charge on any atom is -0.489 e. The van der Waals surface area contributed by atoms with E-state index in [0.717, 1.165) is 5.56 Å². The number of nitrogens with two attached hydrogens (primary N) is 1. The number of hydrogen-bond donors (Lipinski definition) is 1. The number of rotatable bonds is 4. The zero-order valence-corrected chi connectivity index (χ0v) is 9.03. The average molecular weight is 220 g/mol. The maximum atomic E-state index is 12.2. The monoisotopic (exact) mass is 220 g/mol. The number of benzene rings is 1. The molecule has 0 radical (unpaired) electrons. The summed E-state index contributed by atoms with van der Waals surface area (Å²) in [6, 6.07) is 7.15. The number of halogens is 1. The van der Waals surface area contributed by atoms with Crippen LogP contribution in [0.5, 0.6) is 5.75 Å². The van der Waals surface area contributed by atoms with Crippen molar-refractivity contribution in [1.82, 2.24) is 0 Å². The second-order valence-electron chi connectivity index (χ2n) is 3.35. The van der Waals surface area contributed by atoms with Crippen molar-refractivity contribution in [2.24, 2.45) is 5.73 Å². The summed E-state index contributed by atoms with van der Waals surface area (Å²) < 4.78 is 17.5. The third kappa shape index (κ3) is 3.07. The Morgan fingerprint density at radius 3 is 2.88 bits per heavy atom. The van der Waals surface area contributed by atoms with E-state index in [1.165, 1.54) is 0 Å². The van der Waals surface area contributed by atoms with Gasteiger partial charge in [0.25, 0.3) is 0 Å². The third-order valence-electron chi connectivity index (χ3n) is 2.16. The quantitative estimate of drug-likeness (QED) is 0.844. The highest BCUT2D eigenvalue weighted by Crippen LogP contribution is 2.17. The molecule has 16 heavy (non-hydrogen) atoms. The van der Waals surface area contributed by atoms with Gasteiger partial charge in [-0.3, -0.25) is 0 Å². The summed E-state index contributed by atoms with van der Waals surface area (Å²) in [5.41, 5.74) is 7.12. The van der Waals surface area contributed by atoms with Crippen LogP contribution in [0, 0.1) is 18.3 Å². The van der Waals surface area contributed by atoms with Gasteiger partial charge in [-0.05, 0) is 30.7 Å². The molecule has 0 aliphatic carbocycles. The van der Waals surface area contributed by atoms with Crippen molar-refractivity contribution < 1.29 is 9.13 Å². The van der Waals surface area contributed by atoms with Crippen molar-refractivity contribution in [3.8, 4) is 11.8 Å². The summed E-state index contributed by atoms with van der Waals surface area (Å²) in [5, 5.41) is 8.74. The molecule has 1 aromatic carbocycles. The first-order valence-corrected chi connectivity index (χ1v) is 4.83. The van der Waals surface area contributed by atoms with Gasteiger partial charge in [0.15, 0.2) is 0 Å². The van der Waals surface area contributed by atoms with Crippen LogP contribution < -0.4 is 10.5 Å². The molecule has 2 N–H and O–H groups in total. The normalized spacial score (nSPS) is 11.0. The van der Waals surface area contributed by atoms with Crippen molar-refractivity contribution in [2.75, 3.05) is 13.2 Å². The van der Waals surface area contributed by atoms with Gasteiger partial charge in [0, 0.05) is 12.1 Å². The van der Waals surface area contributed by atoms with Gasteiger partial charge in [-0.2, -0.15) is 5.26 Å². The lowest BCUT2D eigenvalue weighted by Gasteiger charge is -2.08. The first-order chi connectivity index (χ1) is 7.71. The average Bonchev–Trinajstić information content (AvgIpc) is 2.30. The lowest BCUT2D eigenvalue weighted by atomic mass is 10.1. The van der Waals surface area contributed by atoms with Crippen LogP contribution in [0.1, 0.15) is 11.1 Å². The smallest absolute Gasteiger partial charge is 0.120 e. The van der Waals surface area contributed by atoms with E-state index >= 15 is 0 Å². The molecule has 0 unspecified atom stereocenters. The van der Waals surface area contributed by atoms with E-state index in [9.17, 15) is 4.39 Å². The topological polar surface area (TPSA) is 59.0 Å². The standard InChI is InChI=1S/C12H13FN2O/c1-9-4-12(3-2-11(9)7-15)16-8-10(5-13)6-14/h2-5H,6,8,14H2,1H3. The summed E-state index contributed by atoms with van der Waals surface area (Å²) in [7, 11) is 0. The van der Waals surface area contributed by atoms with E-state index in [1.807, 2.05) is 6.92 Å². The molecule has 0 aliphatic rings. The SMILES string of the molecule is Cc1cc(OCC(=CF)CN)ccc1C#N. The molecule has 3 nitrogen and oxygen atoms in total. The van der Waals surface area contributed by atoms with E-state index in [1.54, 1.807) is 18.2 Å². The minimum atomic E-state index is 0.123. The van der Waals surface area contributed by atoms with Gasteiger partial charge in [0.2, 0.25) is 0 Å². The predicted molar refractivity (Wildman–Crippen MR) is 59.6 cm³/mol. The van der Waals surface area contributed by atoms with Crippen molar-refractivity contribution in [2.45, 2.75) is 6.92 Å². The molecule has 0 atom stereocenters. The van der Waals surface area contributed by atoms with Gasteiger partial charge < -0.3 is 10.5 Å². The maximum absolute atomic E-state index is 12.2. The van der Waals surface area contributed by atoms with Crippen LogP contribution in [0.3, 0.4) is 0 Å². The summed E-state index contributed by atoms with van der Waals surface area (Å²) in [4.78, 5) is 0. The molecule has 84 valence electrons. The third-order valence-corrected chi connectivity index (χ3v) is 2.16. The van der Waals surface area contributed by atoms with Gasteiger partial charge >= 0.3 is 0 Å². The molecular formula is C12H13FN2O. The molecular weight excluding hydrogens is 207 g/mol. The van der Waals surface area contributed by atoms with Gasteiger partial charge in [-0.25, -0.2) is 4.39 Å². The van der Waals surface area contributed by atoms with E-state index in [0.29, 0.717) is 23.2 Å². The van der Waals surface area contributed by atoms with Crippen LogP contribution in [0.25, 0.3) is 0 Å². The van der Waals surface area contributed by atoms with Crippen molar-refractivity contribution in [1.29, 1.82) is 5.26 Å². The Balaban J connectivity index is 2.70. The Kier molecular flexibility index (Phi) is 4.49. The van der Waals surface area contributed by atoms with Gasteiger partial charge in [0.1, 0.15) is 12.4 Å². The number of nitrogens with zero attached hydrogens (tertiary/aromatic N) is 1. The van der Waals surface area contributed by atoms with Crippen LogP contribution in [0.15, 0.2) is 30.1 Å². The van der Waals surface area contributed by atoms with Crippen LogP contribution in [0.2, 0.25) is 0 Å². The molecule has 0 saturated carbocycles. The van der Waals surface area contributed by atoms with Crippen LogP contribution in [-0.4, -0.2) is 13.2 Å². The molecule has 0 fully saturated rings. The molecule has 4 heteroatoms. The summed E-state index contributed by atoms with van der Waals surface area (Å²) in [5.74, 6) is 0.601. The molecule has 0 amide bonds. The second kappa shape index (κ2) is 5.89. The van der Waals surface area contributed by atoms with Crippen molar-refractivity contribution in [3.05, 3.63) is 41.2 Å². The van der Waals surface area contributed by atoms with Gasteiger partial charge in [-0.15, -0.1) is 0 Å². The molecule has 1 rings (SSSR count). The Morgan fingerprint density at radius 1 is 1.62 bits per heavy atom. The predicted octanol–water partition coefficient (Wildman–Crippen LogP) is 2.06. The van der Waals surface area contributed by atoms with Crippen LogP contribution in [0.4, 0.5) is 4.39 Å². The number of nitriles is 1. The Hall–Kier alpha value is -1.86. The van der Waals surface area contributed by atoms with Crippen molar-refractivity contribution in [3.63, 3.8) is 0 Å². The molecule has 0 saturated heterocycles. The zero-order chi connectivity index (χ0) is 12.0. The summed E-state index contributed by atoms with van der Waals surface area (Å²) in [6.45, 7) is 2.07. The summed E-state index contributed by atoms with van der Waals surface area (Å²) >= 11 is 0. The molecule has 0 aliphatic heterocycles. The van der Waals surface area contributed by atoms with E-state index in [2.05, 4.69) is 6.07 Å². The minimum absolute atomic E-state index is 0.123. The highest BCUT2D eigenvalue weighted by atomic mass is 19.1. The lowest BCUT2D eigenvalue weighted by Crippen LogP contribution is -2.10. The molecule has 0 heterocycles. The zero-order valence-electron chi connectivity index (χ0n) is 9.03. The molecule has 0 aromatic heterocycles. The largest absolute Gasteiger partial charge is 0.489 e. The van der Waals surface area contributed by atoms with Gasteiger partial charge in [0.05, 0.1) is 18.0 Å². The molecule has 0 spiro atoms. The first kappa shape index (κ1) is 12.2. The second-order valence-corrected chi connectivity index (χ2v) is 3.35. The van der Waals surface area contributed by atoms with Crippen molar-refractivity contribution >= 4 is 0 Å². The van der Waals surface area contributed by atoms with Crippen LogP contribution >= 0.6 is 0 Å². The fourth-order valence-corrected chi connectivity index (χ4v) is 1.16. The van der Waals surface area contributed by atoms with E-state index < -0.39 is 0 Å². The molecule has 0 bridgehead atoms. The number of aryl methyl sites for hydroxylation is 1. The fourth-order valence-electron chi connectivity index (χ4n) is 1.16. The molecule has 1 aromatic rings. The number of hydrogen-bond acceptors (Lipinski definition) is 3. The van der Waals surface area contributed by atoms with Crippen LogP contribution in [-0.2, 0) is 0 Å². The Morgan fingerprint density at radius 2 is 2.38 bits per heavy atom.